The third-order valence-corrected chi connectivity index (χ3v) is 3.89. The molecule has 1 aromatic carbocycles. The number of fused-ring (bicyclic) bond motifs is 1. The minimum absolute atomic E-state index is 0.658. The van der Waals surface area contributed by atoms with Crippen LogP contribution in [0.15, 0.2) is 18.2 Å². The smallest absolute Gasteiger partial charge is 0.161 e. The van der Waals surface area contributed by atoms with Crippen molar-refractivity contribution in [1.29, 1.82) is 0 Å². The molecule has 0 unspecified atom stereocenters. The van der Waals surface area contributed by atoms with Crippen LogP contribution in [0.2, 0.25) is 0 Å². The van der Waals surface area contributed by atoms with Crippen LogP contribution in [0.4, 0.5) is 0 Å². The van der Waals surface area contributed by atoms with Gasteiger partial charge in [0, 0.05) is 6.54 Å². The van der Waals surface area contributed by atoms with Crippen molar-refractivity contribution in [1.82, 2.24) is 5.32 Å². The fraction of sp³-hybridized carbons (Fsp3) is 0.600. The second kappa shape index (κ2) is 5.61. The van der Waals surface area contributed by atoms with E-state index >= 15 is 0 Å². The molecule has 3 nitrogen and oxygen atoms in total. The maximum atomic E-state index is 5.58. The second-order valence-electron chi connectivity index (χ2n) is 5.24. The lowest BCUT2D eigenvalue weighted by atomic mass is 9.83. The number of hydrogen-bond acceptors (Lipinski definition) is 3. The molecule has 98 valence electrons. The Morgan fingerprint density at radius 3 is 2.72 bits per heavy atom. The molecule has 1 heterocycles. The van der Waals surface area contributed by atoms with Crippen LogP contribution in [-0.2, 0) is 6.54 Å². The first-order chi connectivity index (χ1) is 8.92. The average Bonchev–Trinajstić information content (AvgIpc) is 2.36. The lowest BCUT2D eigenvalue weighted by molar-refractivity contribution is 0.171. The summed E-state index contributed by atoms with van der Waals surface area (Å²) in [6.07, 6.45) is 5.63. The van der Waals surface area contributed by atoms with Crippen LogP contribution in [0.1, 0.15) is 31.2 Å². The Hall–Kier alpha value is -1.22. The lowest BCUT2D eigenvalue weighted by Crippen LogP contribution is -2.21. The maximum Gasteiger partial charge on any atom is 0.161 e. The van der Waals surface area contributed by atoms with Gasteiger partial charge in [-0.2, -0.15) is 0 Å². The van der Waals surface area contributed by atoms with Gasteiger partial charge in [0.1, 0.15) is 13.2 Å². The first kappa shape index (κ1) is 11.8. The third-order valence-electron chi connectivity index (χ3n) is 3.89. The second-order valence-corrected chi connectivity index (χ2v) is 5.24. The highest BCUT2D eigenvalue weighted by Crippen LogP contribution is 2.31. The van der Waals surface area contributed by atoms with Crippen molar-refractivity contribution in [3.8, 4) is 11.5 Å². The Bertz CT molecular complexity index is 401. The lowest BCUT2D eigenvalue weighted by Gasteiger charge is -2.25. The van der Waals surface area contributed by atoms with E-state index in [2.05, 4.69) is 17.4 Å². The van der Waals surface area contributed by atoms with E-state index < -0.39 is 0 Å². The van der Waals surface area contributed by atoms with Gasteiger partial charge in [0.15, 0.2) is 11.5 Å². The minimum Gasteiger partial charge on any atom is -0.486 e. The number of hydrogen-bond donors (Lipinski definition) is 1. The van der Waals surface area contributed by atoms with E-state index in [0.717, 1.165) is 30.5 Å². The van der Waals surface area contributed by atoms with Gasteiger partial charge in [-0.25, -0.2) is 0 Å². The molecule has 1 aliphatic heterocycles. The first-order valence-electron chi connectivity index (χ1n) is 7.01. The van der Waals surface area contributed by atoms with E-state index in [-0.39, 0.29) is 0 Å². The summed E-state index contributed by atoms with van der Waals surface area (Å²) in [5, 5.41) is 3.51. The molecule has 0 spiro atoms. The van der Waals surface area contributed by atoms with Gasteiger partial charge in [-0.3, -0.25) is 0 Å². The Morgan fingerprint density at radius 1 is 1.11 bits per heavy atom. The number of rotatable bonds is 5. The predicted octanol–water partition coefficient (Wildman–Crippen LogP) is 2.74. The number of nitrogens with one attached hydrogen (secondary N) is 1. The fourth-order valence-corrected chi connectivity index (χ4v) is 2.52. The Labute approximate surface area is 108 Å². The monoisotopic (exact) mass is 247 g/mol. The van der Waals surface area contributed by atoms with Crippen LogP contribution in [0.25, 0.3) is 0 Å². The summed E-state index contributed by atoms with van der Waals surface area (Å²) in [5.74, 6) is 2.75. The zero-order valence-corrected chi connectivity index (χ0v) is 10.8. The van der Waals surface area contributed by atoms with Crippen molar-refractivity contribution in [2.45, 2.75) is 32.2 Å². The van der Waals surface area contributed by atoms with E-state index in [4.69, 9.17) is 9.47 Å². The summed E-state index contributed by atoms with van der Waals surface area (Å²) in [4.78, 5) is 0. The van der Waals surface area contributed by atoms with Crippen LogP contribution in [0, 0.1) is 5.92 Å². The zero-order valence-electron chi connectivity index (χ0n) is 10.8. The van der Waals surface area contributed by atoms with Crippen LogP contribution >= 0.6 is 0 Å². The Morgan fingerprint density at radius 2 is 1.94 bits per heavy atom. The van der Waals surface area contributed by atoms with Crippen molar-refractivity contribution in [2.75, 3.05) is 19.8 Å². The van der Waals surface area contributed by atoms with Gasteiger partial charge in [0.25, 0.3) is 0 Å². The quantitative estimate of drug-likeness (QED) is 0.812. The third kappa shape index (κ3) is 2.78. The van der Waals surface area contributed by atoms with Gasteiger partial charge in [-0.1, -0.05) is 25.3 Å². The Balaban J connectivity index is 1.46. The van der Waals surface area contributed by atoms with Crippen LogP contribution in [0.5, 0.6) is 11.5 Å². The molecule has 0 aromatic heterocycles. The molecular formula is C15H21NO2. The molecule has 1 fully saturated rings. The van der Waals surface area contributed by atoms with Crippen LogP contribution in [0.3, 0.4) is 0 Å². The van der Waals surface area contributed by atoms with Crippen LogP contribution < -0.4 is 14.8 Å². The van der Waals surface area contributed by atoms with Gasteiger partial charge in [0.2, 0.25) is 0 Å². The van der Waals surface area contributed by atoms with E-state index in [1.807, 2.05) is 6.07 Å². The van der Waals surface area contributed by atoms with Crippen molar-refractivity contribution < 1.29 is 9.47 Å². The first-order valence-corrected chi connectivity index (χ1v) is 7.01. The SMILES string of the molecule is c1cc2c(cc1CNCCC1CCC1)OCCO2. The molecule has 2 aliphatic rings. The van der Waals surface area contributed by atoms with Gasteiger partial charge < -0.3 is 14.8 Å². The number of ether oxygens (including phenoxy) is 2. The van der Waals surface area contributed by atoms with E-state index in [1.165, 1.54) is 31.2 Å². The van der Waals surface area contributed by atoms with Crippen molar-refractivity contribution in [2.24, 2.45) is 5.92 Å². The molecule has 0 atom stereocenters. The normalized spacial score (nSPS) is 18.4. The highest BCUT2D eigenvalue weighted by molar-refractivity contribution is 5.43. The highest BCUT2D eigenvalue weighted by atomic mass is 16.6. The minimum atomic E-state index is 0.658. The molecule has 1 saturated carbocycles. The summed E-state index contributed by atoms with van der Waals surface area (Å²) in [6.45, 7) is 3.36. The fourth-order valence-electron chi connectivity index (χ4n) is 2.52. The molecule has 0 amide bonds. The van der Waals surface area contributed by atoms with Crippen LogP contribution in [-0.4, -0.2) is 19.8 Å². The zero-order chi connectivity index (χ0) is 12.2. The van der Waals surface area contributed by atoms with Crippen molar-refractivity contribution >= 4 is 0 Å². The summed E-state index contributed by atoms with van der Waals surface area (Å²) in [6, 6.07) is 6.21. The van der Waals surface area contributed by atoms with Gasteiger partial charge in [-0.05, 0) is 36.6 Å². The van der Waals surface area contributed by atoms with Gasteiger partial charge in [-0.15, -0.1) is 0 Å². The maximum absolute atomic E-state index is 5.58. The molecule has 1 N–H and O–H groups in total. The van der Waals surface area contributed by atoms with Gasteiger partial charge >= 0.3 is 0 Å². The number of benzene rings is 1. The molecule has 3 rings (SSSR count). The molecular weight excluding hydrogens is 226 g/mol. The summed E-state index contributed by atoms with van der Waals surface area (Å²) in [7, 11) is 0. The largest absolute Gasteiger partial charge is 0.486 e. The molecule has 0 bridgehead atoms. The highest BCUT2D eigenvalue weighted by Gasteiger charge is 2.16. The van der Waals surface area contributed by atoms with Crippen molar-refractivity contribution in [3.05, 3.63) is 23.8 Å². The summed E-state index contributed by atoms with van der Waals surface area (Å²) < 4.78 is 11.1. The summed E-state index contributed by atoms with van der Waals surface area (Å²) >= 11 is 0. The standard InChI is InChI=1S/C15H21NO2/c1-2-12(3-1)6-7-16-11-13-4-5-14-15(10-13)18-9-8-17-14/h4-5,10,12,16H,1-3,6-9,11H2. The topological polar surface area (TPSA) is 30.5 Å². The molecule has 18 heavy (non-hydrogen) atoms. The molecule has 1 aliphatic carbocycles. The van der Waals surface area contributed by atoms with E-state index in [9.17, 15) is 0 Å². The predicted molar refractivity (Wildman–Crippen MR) is 71.1 cm³/mol. The van der Waals surface area contributed by atoms with E-state index in [1.54, 1.807) is 0 Å². The molecule has 3 heteroatoms. The Kier molecular flexibility index (Phi) is 3.69. The van der Waals surface area contributed by atoms with Gasteiger partial charge in [0.05, 0.1) is 0 Å². The molecule has 1 aromatic rings. The average molecular weight is 247 g/mol. The van der Waals surface area contributed by atoms with E-state index in [0.29, 0.717) is 13.2 Å². The summed E-state index contributed by atoms with van der Waals surface area (Å²) in [5.41, 5.74) is 1.27. The molecule has 0 saturated heterocycles. The molecule has 0 radical (unpaired) electrons. The van der Waals surface area contributed by atoms with Crippen molar-refractivity contribution in [3.63, 3.8) is 0 Å².